The molecule has 0 saturated heterocycles. The molecule has 4 heteroatoms. The van der Waals surface area contributed by atoms with Gasteiger partial charge in [-0.05, 0) is 42.8 Å². The van der Waals surface area contributed by atoms with Crippen LogP contribution in [0.3, 0.4) is 0 Å². The van der Waals surface area contributed by atoms with Gasteiger partial charge in [-0.1, -0.05) is 33.6 Å². The third-order valence-corrected chi connectivity index (χ3v) is 3.16. The Kier molecular flexibility index (Phi) is 3.90. The summed E-state index contributed by atoms with van der Waals surface area (Å²) in [5, 5.41) is 9.55. The summed E-state index contributed by atoms with van der Waals surface area (Å²) in [7, 11) is 0. The molecule has 0 aliphatic carbocycles. The summed E-state index contributed by atoms with van der Waals surface area (Å²) in [6, 6.07) is 12.8. The second-order valence-electron chi connectivity index (χ2n) is 3.79. The van der Waals surface area contributed by atoms with Gasteiger partial charge in [-0.25, -0.2) is 0 Å². The lowest BCUT2D eigenvalue weighted by molar-refractivity contribution is 0.481. The van der Waals surface area contributed by atoms with Crippen molar-refractivity contribution in [2.24, 2.45) is 0 Å². The minimum absolute atomic E-state index is 0.467. The van der Waals surface area contributed by atoms with Crippen LogP contribution in [-0.2, 0) is 0 Å². The summed E-state index contributed by atoms with van der Waals surface area (Å²) in [5.41, 5.74) is 1.52. The summed E-state index contributed by atoms with van der Waals surface area (Å²) in [6.45, 7) is 1.95. The van der Waals surface area contributed by atoms with E-state index in [-0.39, 0.29) is 0 Å². The molecule has 0 aliphatic rings. The summed E-state index contributed by atoms with van der Waals surface area (Å²) in [4.78, 5) is 0. The number of nitrogens with zero attached hydrogens (tertiary/aromatic N) is 1. The molecule has 0 spiro atoms. The number of hydrogen-bond donors (Lipinski definition) is 0. The zero-order valence-electron chi connectivity index (χ0n) is 9.58. The number of halogens is 2. The molecule has 0 saturated carbocycles. The average molecular weight is 323 g/mol. The van der Waals surface area contributed by atoms with E-state index in [0.29, 0.717) is 22.1 Å². The van der Waals surface area contributed by atoms with E-state index in [9.17, 15) is 0 Å². The van der Waals surface area contributed by atoms with Gasteiger partial charge >= 0.3 is 0 Å². The first-order chi connectivity index (χ1) is 8.60. The molecule has 0 N–H and O–H groups in total. The highest BCUT2D eigenvalue weighted by molar-refractivity contribution is 9.10. The summed E-state index contributed by atoms with van der Waals surface area (Å²) >= 11 is 9.44. The third kappa shape index (κ3) is 2.84. The standard InChI is InChI=1S/C14H9BrClNO/c1-9-2-5-13(12(16)6-9)18-14-7-11(15)4-3-10(14)8-17/h2-7H,1H3. The van der Waals surface area contributed by atoms with Gasteiger partial charge in [-0.2, -0.15) is 5.26 Å². The number of ether oxygens (including phenoxy) is 1. The first-order valence-corrected chi connectivity index (χ1v) is 6.41. The monoisotopic (exact) mass is 321 g/mol. The maximum Gasteiger partial charge on any atom is 0.146 e. The van der Waals surface area contributed by atoms with Crippen molar-refractivity contribution >= 4 is 27.5 Å². The van der Waals surface area contributed by atoms with Gasteiger partial charge in [0.15, 0.2) is 0 Å². The number of aryl methyl sites for hydroxylation is 1. The van der Waals surface area contributed by atoms with Crippen molar-refractivity contribution in [3.05, 3.63) is 57.0 Å². The Morgan fingerprint density at radius 1 is 1.17 bits per heavy atom. The van der Waals surface area contributed by atoms with E-state index < -0.39 is 0 Å². The zero-order chi connectivity index (χ0) is 13.1. The van der Waals surface area contributed by atoms with Crippen LogP contribution in [0, 0.1) is 18.3 Å². The van der Waals surface area contributed by atoms with Gasteiger partial charge in [0.2, 0.25) is 0 Å². The second-order valence-corrected chi connectivity index (χ2v) is 5.11. The minimum Gasteiger partial charge on any atom is -0.454 e. The lowest BCUT2D eigenvalue weighted by Gasteiger charge is -2.09. The minimum atomic E-state index is 0.467. The van der Waals surface area contributed by atoms with Crippen LogP contribution in [0.25, 0.3) is 0 Å². The maximum atomic E-state index is 9.02. The van der Waals surface area contributed by atoms with Crippen LogP contribution in [0.15, 0.2) is 40.9 Å². The van der Waals surface area contributed by atoms with Crippen molar-refractivity contribution in [3.63, 3.8) is 0 Å². The van der Waals surface area contributed by atoms with E-state index in [0.717, 1.165) is 10.0 Å². The van der Waals surface area contributed by atoms with Crippen molar-refractivity contribution in [1.82, 2.24) is 0 Å². The predicted molar refractivity (Wildman–Crippen MR) is 75.1 cm³/mol. The fraction of sp³-hybridized carbons (Fsp3) is 0.0714. The van der Waals surface area contributed by atoms with E-state index in [4.69, 9.17) is 21.6 Å². The van der Waals surface area contributed by atoms with Gasteiger partial charge in [-0.3, -0.25) is 0 Å². The number of nitriles is 1. The highest BCUT2D eigenvalue weighted by atomic mass is 79.9. The molecule has 0 aliphatic heterocycles. The van der Waals surface area contributed by atoms with E-state index in [1.165, 1.54) is 0 Å². The molecule has 2 nitrogen and oxygen atoms in total. The Hall–Kier alpha value is -1.50. The van der Waals surface area contributed by atoms with Crippen LogP contribution >= 0.6 is 27.5 Å². The molecular weight excluding hydrogens is 314 g/mol. The smallest absolute Gasteiger partial charge is 0.146 e. The number of hydrogen-bond acceptors (Lipinski definition) is 2. The molecule has 18 heavy (non-hydrogen) atoms. The van der Waals surface area contributed by atoms with E-state index in [1.54, 1.807) is 24.3 Å². The fourth-order valence-corrected chi connectivity index (χ4v) is 2.09. The largest absolute Gasteiger partial charge is 0.454 e. The molecule has 0 unspecified atom stereocenters. The lowest BCUT2D eigenvalue weighted by Crippen LogP contribution is -1.89. The molecule has 0 aromatic heterocycles. The molecule has 2 aromatic carbocycles. The van der Waals surface area contributed by atoms with E-state index in [2.05, 4.69) is 22.0 Å². The SMILES string of the molecule is Cc1ccc(Oc2cc(Br)ccc2C#N)c(Cl)c1. The number of rotatable bonds is 2. The van der Waals surface area contributed by atoms with Gasteiger partial charge in [0, 0.05) is 4.47 Å². The van der Waals surface area contributed by atoms with Gasteiger partial charge in [0.05, 0.1) is 10.6 Å². The maximum absolute atomic E-state index is 9.02. The highest BCUT2D eigenvalue weighted by Gasteiger charge is 2.08. The van der Waals surface area contributed by atoms with Gasteiger partial charge in [0.25, 0.3) is 0 Å². The van der Waals surface area contributed by atoms with Crippen molar-refractivity contribution < 1.29 is 4.74 Å². The first kappa shape index (κ1) is 12.9. The summed E-state index contributed by atoms with van der Waals surface area (Å²) in [6.07, 6.45) is 0. The van der Waals surface area contributed by atoms with Crippen LogP contribution in [0.5, 0.6) is 11.5 Å². The fourth-order valence-electron chi connectivity index (χ4n) is 1.48. The van der Waals surface area contributed by atoms with Gasteiger partial charge < -0.3 is 4.74 Å². The van der Waals surface area contributed by atoms with Gasteiger partial charge in [0.1, 0.15) is 17.6 Å². The topological polar surface area (TPSA) is 33.0 Å². The van der Waals surface area contributed by atoms with Crippen LogP contribution in [0.1, 0.15) is 11.1 Å². The van der Waals surface area contributed by atoms with E-state index >= 15 is 0 Å². The Morgan fingerprint density at radius 3 is 2.61 bits per heavy atom. The Balaban J connectivity index is 2.40. The molecule has 0 amide bonds. The first-order valence-electron chi connectivity index (χ1n) is 5.24. The van der Waals surface area contributed by atoms with Gasteiger partial charge in [-0.15, -0.1) is 0 Å². The highest BCUT2D eigenvalue weighted by Crippen LogP contribution is 2.33. The molecule has 0 atom stereocenters. The lowest BCUT2D eigenvalue weighted by atomic mass is 10.2. The molecule has 90 valence electrons. The molecule has 2 aromatic rings. The van der Waals surface area contributed by atoms with Crippen molar-refractivity contribution in [1.29, 1.82) is 5.26 Å². The normalized spacial score (nSPS) is 9.89. The summed E-state index contributed by atoms with van der Waals surface area (Å²) < 4.78 is 6.53. The average Bonchev–Trinajstić information content (AvgIpc) is 2.33. The van der Waals surface area contributed by atoms with Crippen molar-refractivity contribution in [2.75, 3.05) is 0 Å². The Labute approximate surface area is 119 Å². The molecule has 0 radical (unpaired) electrons. The molecule has 0 fully saturated rings. The molecule has 0 bridgehead atoms. The number of benzene rings is 2. The Bertz CT molecular complexity index is 634. The predicted octanol–water partition coefficient (Wildman–Crippen LogP) is 5.07. The quantitative estimate of drug-likeness (QED) is 0.773. The zero-order valence-corrected chi connectivity index (χ0v) is 11.9. The van der Waals surface area contributed by atoms with Crippen LogP contribution in [0.2, 0.25) is 5.02 Å². The van der Waals surface area contributed by atoms with Crippen molar-refractivity contribution in [3.8, 4) is 17.6 Å². The van der Waals surface area contributed by atoms with Crippen molar-refractivity contribution in [2.45, 2.75) is 6.92 Å². The molecule has 2 rings (SSSR count). The molecular formula is C14H9BrClNO. The van der Waals surface area contributed by atoms with Crippen LogP contribution in [-0.4, -0.2) is 0 Å². The van der Waals surface area contributed by atoms with Crippen LogP contribution < -0.4 is 4.74 Å². The Morgan fingerprint density at radius 2 is 1.94 bits per heavy atom. The summed E-state index contributed by atoms with van der Waals surface area (Å²) in [5.74, 6) is 1.02. The third-order valence-electron chi connectivity index (χ3n) is 2.37. The van der Waals surface area contributed by atoms with E-state index in [1.807, 2.05) is 19.1 Å². The second kappa shape index (κ2) is 5.43. The van der Waals surface area contributed by atoms with Crippen LogP contribution in [0.4, 0.5) is 0 Å². The molecule has 0 heterocycles.